The second kappa shape index (κ2) is 5.63. The summed E-state index contributed by atoms with van der Waals surface area (Å²) < 4.78 is 16.0. The number of carbonyl (C=O) groups excluding carboxylic acids is 2. The van der Waals surface area contributed by atoms with Gasteiger partial charge < -0.3 is 19.5 Å². The van der Waals surface area contributed by atoms with Crippen LogP contribution in [0.25, 0.3) is 0 Å². The predicted molar refractivity (Wildman–Crippen MR) is 73.5 cm³/mol. The summed E-state index contributed by atoms with van der Waals surface area (Å²) in [7, 11) is 0. The first-order chi connectivity index (χ1) is 10.1. The van der Waals surface area contributed by atoms with Crippen molar-refractivity contribution < 1.29 is 23.8 Å². The fourth-order valence-corrected chi connectivity index (χ4v) is 2.00. The van der Waals surface area contributed by atoms with Gasteiger partial charge >= 0.3 is 5.97 Å². The summed E-state index contributed by atoms with van der Waals surface area (Å²) in [5, 5.41) is 2.80. The van der Waals surface area contributed by atoms with Crippen LogP contribution in [0.1, 0.15) is 30.1 Å². The van der Waals surface area contributed by atoms with Gasteiger partial charge in [-0.3, -0.25) is 4.79 Å². The molecule has 112 valence electrons. The second-order valence-corrected chi connectivity index (χ2v) is 5.19. The van der Waals surface area contributed by atoms with Crippen molar-refractivity contribution in [1.29, 1.82) is 0 Å². The molecule has 0 spiro atoms. The summed E-state index contributed by atoms with van der Waals surface area (Å²) in [5.41, 5.74) is 0.338. The molecule has 0 bridgehead atoms. The van der Waals surface area contributed by atoms with E-state index < -0.39 is 12.1 Å². The molecule has 6 heteroatoms. The Morgan fingerprint density at radius 3 is 2.67 bits per heavy atom. The lowest BCUT2D eigenvalue weighted by molar-refractivity contribution is -0.129. The van der Waals surface area contributed by atoms with Crippen LogP contribution in [0.3, 0.4) is 0 Å². The molecule has 0 aromatic heterocycles. The zero-order chi connectivity index (χ0) is 14.8. The van der Waals surface area contributed by atoms with Gasteiger partial charge in [0.1, 0.15) is 13.2 Å². The van der Waals surface area contributed by atoms with E-state index >= 15 is 0 Å². The number of fused-ring (bicyclic) bond motifs is 1. The Morgan fingerprint density at radius 2 is 1.95 bits per heavy atom. The zero-order valence-corrected chi connectivity index (χ0v) is 11.8. The van der Waals surface area contributed by atoms with Crippen molar-refractivity contribution in [2.45, 2.75) is 31.9 Å². The van der Waals surface area contributed by atoms with Gasteiger partial charge in [0.25, 0.3) is 5.91 Å². The average molecular weight is 291 g/mol. The SMILES string of the molecule is C[C@H](OC(=O)c1ccc2c(c1)OCCO2)C(=O)NC1CC1. The largest absolute Gasteiger partial charge is 0.486 e. The summed E-state index contributed by atoms with van der Waals surface area (Å²) in [4.78, 5) is 23.8. The maximum absolute atomic E-state index is 12.0. The molecule has 1 fully saturated rings. The van der Waals surface area contributed by atoms with E-state index in [1.54, 1.807) is 25.1 Å². The van der Waals surface area contributed by atoms with Gasteiger partial charge in [0.2, 0.25) is 0 Å². The van der Waals surface area contributed by atoms with Crippen molar-refractivity contribution in [3.8, 4) is 11.5 Å². The molecule has 1 heterocycles. The van der Waals surface area contributed by atoms with Gasteiger partial charge in [-0.2, -0.15) is 0 Å². The van der Waals surface area contributed by atoms with Crippen molar-refractivity contribution in [2.75, 3.05) is 13.2 Å². The van der Waals surface area contributed by atoms with Crippen molar-refractivity contribution >= 4 is 11.9 Å². The van der Waals surface area contributed by atoms with Crippen LogP contribution in [-0.4, -0.2) is 37.2 Å². The number of hydrogen-bond donors (Lipinski definition) is 1. The zero-order valence-electron chi connectivity index (χ0n) is 11.8. The molecular weight excluding hydrogens is 274 g/mol. The van der Waals surface area contributed by atoms with E-state index in [2.05, 4.69) is 5.32 Å². The summed E-state index contributed by atoms with van der Waals surface area (Å²) >= 11 is 0. The Kier molecular flexibility index (Phi) is 3.68. The molecule has 3 rings (SSSR count). The number of nitrogens with one attached hydrogen (secondary N) is 1. The van der Waals surface area contributed by atoms with Crippen LogP contribution < -0.4 is 14.8 Å². The fraction of sp³-hybridized carbons (Fsp3) is 0.467. The van der Waals surface area contributed by atoms with Gasteiger partial charge in [-0.05, 0) is 38.0 Å². The molecule has 1 amide bonds. The Hall–Kier alpha value is -2.24. The minimum Gasteiger partial charge on any atom is -0.486 e. The third-order valence-corrected chi connectivity index (χ3v) is 3.35. The maximum atomic E-state index is 12.0. The molecule has 1 aromatic carbocycles. The van der Waals surface area contributed by atoms with E-state index in [0.29, 0.717) is 30.3 Å². The lowest BCUT2D eigenvalue weighted by Gasteiger charge is -2.19. The summed E-state index contributed by atoms with van der Waals surface area (Å²) in [5.74, 6) is 0.317. The number of benzene rings is 1. The molecule has 0 radical (unpaired) electrons. The first-order valence-corrected chi connectivity index (χ1v) is 7.04. The molecule has 0 saturated heterocycles. The predicted octanol–water partition coefficient (Wildman–Crippen LogP) is 1.28. The van der Waals surface area contributed by atoms with Gasteiger partial charge in [-0.25, -0.2) is 4.79 Å². The Morgan fingerprint density at radius 1 is 1.24 bits per heavy atom. The van der Waals surface area contributed by atoms with Crippen LogP contribution in [0.15, 0.2) is 18.2 Å². The Labute approximate surface area is 122 Å². The second-order valence-electron chi connectivity index (χ2n) is 5.19. The van der Waals surface area contributed by atoms with Gasteiger partial charge in [0, 0.05) is 6.04 Å². The first kappa shape index (κ1) is 13.7. The van der Waals surface area contributed by atoms with Crippen molar-refractivity contribution in [3.05, 3.63) is 23.8 Å². The van der Waals surface area contributed by atoms with E-state index in [-0.39, 0.29) is 11.9 Å². The van der Waals surface area contributed by atoms with E-state index in [9.17, 15) is 9.59 Å². The van der Waals surface area contributed by atoms with Gasteiger partial charge in [0.15, 0.2) is 17.6 Å². The minimum absolute atomic E-state index is 0.243. The van der Waals surface area contributed by atoms with Crippen molar-refractivity contribution in [2.24, 2.45) is 0 Å². The molecule has 1 aliphatic carbocycles. The number of hydrogen-bond acceptors (Lipinski definition) is 5. The first-order valence-electron chi connectivity index (χ1n) is 7.04. The standard InChI is InChI=1S/C15H17NO5/c1-9(14(17)16-11-3-4-11)21-15(18)10-2-5-12-13(8-10)20-7-6-19-12/h2,5,8-9,11H,3-4,6-7H2,1H3,(H,16,17)/t9-/m0/s1. The Balaban J connectivity index is 1.62. The maximum Gasteiger partial charge on any atom is 0.339 e. The van der Waals surface area contributed by atoms with Crippen LogP contribution in [-0.2, 0) is 9.53 Å². The molecule has 2 aliphatic rings. The van der Waals surface area contributed by atoms with Crippen LogP contribution >= 0.6 is 0 Å². The third kappa shape index (κ3) is 3.26. The van der Waals surface area contributed by atoms with E-state index in [0.717, 1.165) is 12.8 Å². The molecule has 1 N–H and O–H groups in total. The molecule has 21 heavy (non-hydrogen) atoms. The van der Waals surface area contributed by atoms with Gasteiger partial charge in [0.05, 0.1) is 5.56 Å². The highest BCUT2D eigenvalue weighted by atomic mass is 16.6. The fourth-order valence-electron chi connectivity index (χ4n) is 2.00. The van der Waals surface area contributed by atoms with Crippen LogP contribution in [0.4, 0.5) is 0 Å². The quantitative estimate of drug-likeness (QED) is 0.846. The third-order valence-electron chi connectivity index (χ3n) is 3.35. The highest BCUT2D eigenvalue weighted by molar-refractivity contribution is 5.93. The topological polar surface area (TPSA) is 73.9 Å². The molecule has 1 aliphatic heterocycles. The average Bonchev–Trinajstić information content (AvgIpc) is 3.30. The van der Waals surface area contributed by atoms with E-state index in [1.165, 1.54) is 0 Å². The van der Waals surface area contributed by atoms with Gasteiger partial charge in [-0.15, -0.1) is 0 Å². The summed E-state index contributed by atoms with van der Waals surface area (Å²) in [6.07, 6.45) is 1.18. The van der Waals surface area contributed by atoms with Crippen LogP contribution in [0.2, 0.25) is 0 Å². The lowest BCUT2D eigenvalue weighted by atomic mass is 10.2. The molecule has 1 atom stereocenters. The van der Waals surface area contributed by atoms with Crippen LogP contribution in [0.5, 0.6) is 11.5 Å². The van der Waals surface area contributed by atoms with Crippen molar-refractivity contribution in [1.82, 2.24) is 5.32 Å². The highest BCUT2D eigenvalue weighted by Crippen LogP contribution is 2.31. The summed E-state index contributed by atoms with van der Waals surface area (Å²) in [6.45, 7) is 2.51. The monoisotopic (exact) mass is 291 g/mol. The van der Waals surface area contributed by atoms with Crippen molar-refractivity contribution in [3.63, 3.8) is 0 Å². The highest BCUT2D eigenvalue weighted by Gasteiger charge is 2.27. The molecule has 0 unspecified atom stereocenters. The van der Waals surface area contributed by atoms with Crippen LogP contribution in [0, 0.1) is 0 Å². The van der Waals surface area contributed by atoms with Gasteiger partial charge in [-0.1, -0.05) is 0 Å². The minimum atomic E-state index is -0.814. The Bertz CT molecular complexity index is 567. The summed E-state index contributed by atoms with van der Waals surface area (Å²) in [6, 6.07) is 5.08. The normalized spacial score (nSPS) is 17.8. The number of esters is 1. The van der Waals surface area contributed by atoms with E-state index in [4.69, 9.17) is 14.2 Å². The molecule has 1 saturated carbocycles. The number of amides is 1. The molecule has 6 nitrogen and oxygen atoms in total. The number of rotatable bonds is 4. The molecular formula is C15H17NO5. The lowest BCUT2D eigenvalue weighted by Crippen LogP contribution is -2.37. The van der Waals surface area contributed by atoms with E-state index in [1.807, 2.05) is 0 Å². The number of ether oxygens (including phenoxy) is 3. The number of carbonyl (C=O) groups is 2. The molecule has 1 aromatic rings. The smallest absolute Gasteiger partial charge is 0.339 e.